The lowest BCUT2D eigenvalue weighted by Gasteiger charge is -2.20. The Morgan fingerprint density at radius 2 is 1.78 bits per heavy atom. The van der Waals surface area contributed by atoms with Crippen molar-refractivity contribution in [1.82, 2.24) is 0 Å². The van der Waals surface area contributed by atoms with Crippen molar-refractivity contribution in [2.24, 2.45) is 17.6 Å². The summed E-state index contributed by atoms with van der Waals surface area (Å²) in [7, 11) is 1.60. The zero-order chi connectivity index (χ0) is 22.8. The summed E-state index contributed by atoms with van der Waals surface area (Å²) in [5.41, 5.74) is 8.21. The lowest BCUT2D eigenvalue weighted by molar-refractivity contribution is -0.122. The number of Topliss-reactive ketones (excluding diaryl/α,β-unsaturated/α-hetero) is 1. The molecule has 1 aliphatic carbocycles. The van der Waals surface area contributed by atoms with Gasteiger partial charge in [0.25, 0.3) is 0 Å². The van der Waals surface area contributed by atoms with Crippen molar-refractivity contribution < 1.29 is 14.3 Å². The summed E-state index contributed by atoms with van der Waals surface area (Å²) < 4.78 is 5.14. The maximum atomic E-state index is 12.9. The summed E-state index contributed by atoms with van der Waals surface area (Å²) >= 11 is 0. The average Bonchev–Trinajstić information content (AvgIpc) is 3.36. The molecule has 1 saturated carbocycles. The number of hydrogen-bond acceptors (Lipinski definition) is 4. The molecular formula is C27H34N2O3. The second-order valence-corrected chi connectivity index (χ2v) is 8.60. The fraction of sp³-hybridized carbons (Fsp3) is 0.407. The largest absolute Gasteiger partial charge is 0.497 e. The van der Waals surface area contributed by atoms with Gasteiger partial charge >= 0.3 is 0 Å². The summed E-state index contributed by atoms with van der Waals surface area (Å²) in [6.45, 7) is 0. The minimum atomic E-state index is -0.391. The van der Waals surface area contributed by atoms with E-state index in [-0.39, 0.29) is 17.6 Å². The topological polar surface area (TPSA) is 81.4 Å². The first kappa shape index (κ1) is 23.7. The molecule has 5 nitrogen and oxygen atoms in total. The minimum absolute atomic E-state index is 0.0308. The fourth-order valence-electron chi connectivity index (χ4n) is 4.32. The molecule has 32 heavy (non-hydrogen) atoms. The predicted molar refractivity (Wildman–Crippen MR) is 129 cm³/mol. The van der Waals surface area contributed by atoms with Gasteiger partial charge in [-0.05, 0) is 73.4 Å². The van der Waals surface area contributed by atoms with Gasteiger partial charge in [0.15, 0.2) is 0 Å². The maximum Gasteiger partial charge on any atom is 0.248 e. The van der Waals surface area contributed by atoms with Gasteiger partial charge in [-0.25, -0.2) is 0 Å². The van der Waals surface area contributed by atoms with Gasteiger partial charge < -0.3 is 15.8 Å². The van der Waals surface area contributed by atoms with Gasteiger partial charge in [-0.3, -0.25) is 9.59 Å². The van der Waals surface area contributed by atoms with Crippen molar-refractivity contribution >= 4 is 17.4 Å². The van der Waals surface area contributed by atoms with Crippen LogP contribution in [0.25, 0.3) is 0 Å². The van der Waals surface area contributed by atoms with Crippen molar-refractivity contribution in [3.8, 4) is 5.75 Å². The van der Waals surface area contributed by atoms with Crippen LogP contribution in [0.15, 0.2) is 66.7 Å². The van der Waals surface area contributed by atoms with E-state index in [1.165, 1.54) is 11.6 Å². The highest BCUT2D eigenvalue weighted by atomic mass is 16.5. The molecule has 1 fully saturated rings. The Labute approximate surface area is 191 Å². The van der Waals surface area contributed by atoms with Crippen LogP contribution in [0.1, 0.15) is 44.1 Å². The Morgan fingerprint density at radius 1 is 1.09 bits per heavy atom. The van der Waals surface area contributed by atoms with Crippen LogP contribution >= 0.6 is 0 Å². The van der Waals surface area contributed by atoms with Gasteiger partial charge in [-0.1, -0.05) is 49.2 Å². The highest BCUT2D eigenvalue weighted by Gasteiger charge is 2.28. The van der Waals surface area contributed by atoms with E-state index in [4.69, 9.17) is 10.5 Å². The molecule has 5 heteroatoms. The van der Waals surface area contributed by atoms with E-state index in [0.717, 1.165) is 44.3 Å². The molecule has 170 valence electrons. The number of anilines is 1. The van der Waals surface area contributed by atoms with Crippen molar-refractivity contribution in [3.05, 3.63) is 72.3 Å². The minimum Gasteiger partial charge on any atom is -0.497 e. The van der Waals surface area contributed by atoms with E-state index in [1.54, 1.807) is 31.4 Å². The van der Waals surface area contributed by atoms with Gasteiger partial charge in [-0.2, -0.15) is 0 Å². The zero-order valence-corrected chi connectivity index (χ0v) is 18.8. The number of carbonyl (C=O) groups excluding carboxylic acids is 2. The highest BCUT2D eigenvalue weighted by molar-refractivity contribution is 5.99. The fourth-order valence-corrected chi connectivity index (χ4v) is 4.32. The molecule has 2 atom stereocenters. The van der Waals surface area contributed by atoms with Crippen LogP contribution in [0.3, 0.4) is 0 Å². The molecular weight excluding hydrogens is 400 g/mol. The number of nitrogens with two attached hydrogens (primary N) is 1. The molecule has 2 aromatic rings. The van der Waals surface area contributed by atoms with Crippen LogP contribution in [0.4, 0.5) is 5.69 Å². The second kappa shape index (κ2) is 12.2. The number of methoxy groups -OCH3 is 1. The Kier molecular flexibility index (Phi) is 9.05. The van der Waals surface area contributed by atoms with E-state index >= 15 is 0 Å². The molecule has 0 aliphatic heterocycles. The quantitative estimate of drug-likeness (QED) is 0.492. The van der Waals surface area contributed by atoms with Gasteiger partial charge in [0.05, 0.1) is 13.2 Å². The Hall–Kier alpha value is -2.92. The number of rotatable bonds is 11. The van der Waals surface area contributed by atoms with Gasteiger partial charge in [0.2, 0.25) is 5.91 Å². The molecule has 3 rings (SSSR count). The van der Waals surface area contributed by atoms with Crippen molar-refractivity contribution in [1.29, 1.82) is 0 Å². The smallest absolute Gasteiger partial charge is 0.248 e. The first-order chi connectivity index (χ1) is 15.5. The Bertz CT molecular complexity index is 887. The highest BCUT2D eigenvalue weighted by Crippen LogP contribution is 2.28. The summed E-state index contributed by atoms with van der Waals surface area (Å²) in [5.74, 6) is 0.899. The Balaban J connectivity index is 1.61. The zero-order valence-electron chi connectivity index (χ0n) is 18.8. The normalized spacial score (nSPS) is 16.1. The maximum absolute atomic E-state index is 12.9. The Morgan fingerprint density at radius 3 is 2.44 bits per heavy atom. The number of benzene rings is 2. The average molecular weight is 435 g/mol. The third-order valence-electron chi connectivity index (χ3n) is 6.27. The number of nitrogens with one attached hydrogen (secondary N) is 1. The van der Waals surface area contributed by atoms with Crippen LogP contribution in [0.2, 0.25) is 0 Å². The molecule has 0 aromatic heterocycles. The van der Waals surface area contributed by atoms with Crippen LogP contribution in [0.5, 0.6) is 5.75 Å². The number of ether oxygens (including phenoxy) is 1. The van der Waals surface area contributed by atoms with Crippen LogP contribution < -0.4 is 15.8 Å². The van der Waals surface area contributed by atoms with Gasteiger partial charge in [-0.15, -0.1) is 0 Å². The molecule has 1 aliphatic rings. The summed E-state index contributed by atoms with van der Waals surface area (Å²) in [4.78, 5) is 25.3. The molecule has 2 aromatic carbocycles. The van der Waals surface area contributed by atoms with Gasteiger partial charge in [0, 0.05) is 12.1 Å². The number of carbonyl (C=O) groups is 2. The monoisotopic (exact) mass is 434 g/mol. The molecule has 0 spiro atoms. The van der Waals surface area contributed by atoms with E-state index in [0.29, 0.717) is 18.0 Å². The number of ketones is 1. The number of amides is 1. The third-order valence-corrected chi connectivity index (χ3v) is 6.27. The van der Waals surface area contributed by atoms with E-state index < -0.39 is 6.04 Å². The standard InChI is InChI=1S/C27H34N2O3/c1-32-24-16-14-23(15-17-24)29-26(31)18-13-21(12-11-20-7-3-2-4-8-20)19-25(30)27(28)22-9-5-6-10-22/h2-4,7-8,13-18,21-22,27H,5-6,9-12,19,28H2,1H3,(H,29,31)/b18-13+/t21-,27-/m0/s1. The molecule has 3 N–H and O–H groups in total. The third kappa shape index (κ3) is 7.34. The predicted octanol–water partition coefficient (Wildman–Crippen LogP) is 4.92. The first-order valence-electron chi connectivity index (χ1n) is 11.5. The summed E-state index contributed by atoms with van der Waals surface area (Å²) in [6, 6.07) is 17.0. The van der Waals surface area contributed by atoms with Crippen LogP contribution in [-0.2, 0) is 16.0 Å². The lowest BCUT2D eigenvalue weighted by Crippen LogP contribution is -2.37. The first-order valence-corrected chi connectivity index (χ1v) is 11.5. The van der Waals surface area contributed by atoms with Gasteiger partial charge in [0.1, 0.15) is 11.5 Å². The number of allylic oxidation sites excluding steroid dienone is 1. The summed E-state index contributed by atoms with van der Waals surface area (Å²) in [5, 5.41) is 2.85. The molecule has 0 unspecified atom stereocenters. The number of aryl methyl sites for hydroxylation is 1. The lowest BCUT2D eigenvalue weighted by atomic mass is 9.87. The van der Waals surface area contributed by atoms with Crippen LogP contribution in [0, 0.1) is 11.8 Å². The molecule has 1 amide bonds. The molecule has 0 radical (unpaired) electrons. The van der Waals surface area contributed by atoms with Crippen LogP contribution in [-0.4, -0.2) is 24.8 Å². The second-order valence-electron chi connectivity index (χ2n) is 8.60. The summed E-state index contributed by atoms with van der Waals surface area (Å²) in [6.07, 6.45) is 9.82. The van der Waals surface area contributed by atoms with Crippen molar-refractivity contribution in [3.63, 3.8) is 0 Å². The SMILES string of the molecule is COc1ccc(NC(=O)/C=C/[C@H](CCc2ccccc2)CC(=O)[C@@H](N)C2CCCC2)cc1. The van der Waals surface area contributed by atoms with E-state index in [2.05, 4.69) is 17.4 Å². The van der Waals surface area contributed by atoms with E-state index in [1.807, 2.05) is 24.3 Å². The van der Waals surface area contributed by atoms with E-state index in [9.17, 15) is 9.59 Å². The molecule has 0 heterocycles. The molecule has 0 bridgehead atoms. The molecule has 0 saturated heterocycles. The van der Waals surface area contributed by atoms with Crippen molar-refractivity contribution in [2.45, 2.75) is 51.0 Å². The van der Waals surface area contributed by atoms with Crippen molar-refractivity contribution in [2.75, 3.05) is 12.4 Å². The number of hydrogen-bond donors (Lipinski definition) is 2.